The molecule has 1 aliphatic heterocycles. The van der Waals surface area contributed by atoms with Gasteiger partial charge in [0, 0.05) is 24.7 Å². The van der Waals surface area contributed by atoms with Crippen LogP contribution in [0.2, 0.25) is 0 Å². The highest BCUT2D eigenvalue weighted by Gasteiger charge is 2.37. The summed E-state index contributed by atoms with van der Waals surface area (Å²) in [5.74, 6) is -0.0125. The van der Waals surface area contributed by atoms with Gasteiger partial charge < -0.3 is 15.6 Å². The summed E-state index contributed by atoms with van der Waals surface area (Å²) in [4.78, 5) is 4.60. The van der Waals surface area contributed by atoms with Crippen molar-refractivity contribution in [1.29, 1.82) is 0 Å². The molecule has 1 fully saturated rings. The van der Waals surface area contributed by atoms with E-state index >= 15 is 0 Å². The molecule has 2 unspecified atom stereocenters. The van der Waals surface area contributed by atoms with Crippen LogP contribution in [0.15, 0.2) is 16.6 Å². The van der Waals surface area contributed by atoms with E-state index < -0.39 is 16.1 Å². The van der Waals surface area contributed by atoms with Crippen LogP contribution in [0.1, 0.15) is 6.92 Å². The van der Waals surface area contributed by atoms with E-state index in [0.29, 0.717) is 4.96 Å². The monoisotopic (exact) mass is 332 g/mol. The molecule has 2 aromatic rings. The van der Waals surface area contributed by atoms with Crippen LogP contribution in [0, 0.1) is 0 Å². The minimum atomic E-state index is -3.80. The van der Waals surface area contributed by atoms with Crippen LogP contribution in [0.5, 0.6) is 0 Å². The minimum absolute atomic E-state index is 0.0125. The van der Waals surface area contributed by atoms with Gasteiger partial charge in [-0.15, -0.1) is 11.3 Å². The highest BCUT2D eigenvalue weighted by atomic mass is 32.2. The predicted molar refractivity (Wildman–Crippen MR) is 77.7 cm³/mol. The van der Waals surface area contributed by atoms with Crippen molar-refractivity contribution >= 4 is 32.1 Å². The molecule has 3 N–H and O–H groups in total. The number of nitrogens with zero attached hydrogens (tertiary/aromatic N) is 3. The summed E-state index contributed by atoms with van der Waals surface area (Å²) in [7, 11) is -3.80. The highest BCUT2D eigenvalue weighted by molar-refractivity contribution is 7.89. The zero-order chi connectivity index (χ0) is 15.2. The van der Waals surface area contributed by atoms with Gasteiger partial charge in [0.15, 0.2) is 15.8 Å². The Balaban J connectivity index is 2.03. The smallest absolute Gasteiger partial charge is 0.263 e. The topological polar surface area (TPSA) is 110 Å². The normalized spacial score (nSPS) is 24.7. The standard InChI is InChI=1S/C11H16N4O4S2/c1-7-4-14(5-8(6-16)19-7)21(17,18)10-9(12)13-11-15(10)2-3-20-11/h2-3,7-8,16H,4-6,12H2,1H3. The molecule has 2 atom stereocenters. The van der Waals surface area contributed by atoms with Crippen molar-refractivity contribution in [2.45, 2.75) is 24.2 Å². The summed E-state index contributed by atoms with van der Waals surface area (Å²) in [5.41, 5.74) is 5.78. The van der Waals surface area contributed by atoms with E-state index in [4.69, 9.17) is 10.5 Å². The number of morpholine rings is 1. The number of rotatable bonds is 3. The van der Waals surface area contributed by atoms with E-state index in [1.165, 1.54) is 20.0 Å². The molecule has 0 amide bonds. The van der Waals surface area contributed by atoms with E-state index in [1.807, 2.05) is 0 Å². The van der Waals surface area contributed by atoms with Crippen LogP contribution in [-0.4, -0.2) is 59.1 Å². The molecule has 0 saturated carbocycles. The number of anilines is 1. The Morgan fingerprint density at radius 2 is 2.33 bits per heavy atom. The van der Waals surface area contributed by atoms with Crippen LogP contribution < -0.4 is 5.73 Å². The number of hydrogen-bond acceptors (Lipinski definition) is 7. The molecule has 0 aromatic carbocycles. The zero-order valence-corrected chi connectivity index (χ0v) is 13.0. The first-order valence-electron chi connectivity index (χ1n) is 6.41. The number of sulfonamides is 1. The maximum Gasteiger partial charge on any atom is 0.263 e. The Kier molecular flexibility index (Phi) is 3.66. The number of nitrogens with two attached hydrogens (primary N) is 1. The van der Waals surface area contributed by atoms with Gasteiger partial charge in [-0.25, -0.2) is 13.4 Å². The van der Waals surface area contributed by atoms with Crippen LogP contribution >= 0.6 is 11.3 Å². The number of fused-ring (bicyclic) bond motifs is 1. The number of aliphatic hydroxyl groups excluding tert-OH is 1. The van der Waals surface area contributed by atoms with Gasteiger partial charge in [0.2, 0.25) is 0 Å². The first-order chi connectivity index (χ1) is 9.93. The molecule has 10 heteroatoms. The summed E-state index contributed by atoms with van der Waals surface area (Å²) < 4.78 is 33.9. The van der Waals surface area contributed by atoms with Gasteiger partial charge in [0.25, 0.3) is 10.0 Å². The maximum atomic E-state index is 12.8. The molecule has 0 radical (unpaired) electrons. The lowest BCUT2D eigenvalue weighted by Crippen LogP contribution is -2.50. The third-order valence-electron chi connectivity index (χ3n) is 3.32. The van der Waals surface area contributed by atoms with Gasteiger partial charge in [-0.3, -0.25) is 4.40 Å². The molecule has 3 heterocycles. The van der Waals surface area contributed by atoms with Gasteiger partial charge >= 0.3 is 0 Å². The molecule has 3 rings (SSSR count). The molecular formula is C11H16N4O4S2. The number of hydrogen-bond donors (Lipinski definition) is 2. The van der Waals surface area contributed by atoms with Crippen molar-refractivity contribution < 1.29 is 18.3 Å². The molecule has 0 spiro atoms. The Bertz CT molecular complexity index is 753. The zero-order valence-electron chi connectivity index (χ0n) is 11.3. The molecule has 116 valence electrons. The number of nitrogen functional groups attached to an aromatic ring is 1. The van der Waals surface area contributed by atoms with Crippen molar-refractivity contribution in [3.63, 3.8) is 0 Å². The second kappa shape index (κ2) is 5.21. The Labute approximate surface area is 125 Å². The summed E-state index contributed by atoms with van der Waals surface area (Å²) in [5, 5.41) is 11.0. The lowest BCUT2D eigenvalue weighted by molar-refractivity contribution is -0.0751. The first kappa shape index (κ1) is 14.7. The minimum Gasteiger partial charge on any atom is -0.394 e. The second-order valence-corrected chi connectivity index (χ2v) is 7.66. The maximum absolute atomic E-state index is 12.8. The quantitative estimate of drug-likeness (QED) is 0.802. The number of ether oxygens (including phenoxy) is 1. The lowest BCUT2D eigenvalue weighted by Gasteiger charge is -2.34. The van der Waals surface area contributed by atoms with Crippen molar-refractivity contribution in [3.8, 4) is 0 Å². The average molecular weight is 332 g/mol. The fourth-order valence-electron chi connectivity index (χ4n) is 2.46. The third kappa shape index (κ3) is 2.42. The van der Waals surface area contributed by atoms with E-state index in [-0.39, 0.29) is 36.6 Å². The van der Waals surface area contributed by atoms with Crippen LogP contribution in [0.4, 0.5) is 5.82 Å². The molecule has 1 saturated heterocycles. The fourth-order valence-corrected chi connectivity index (χ4v) is 4.96. The number of thiazole rings is 1. The fraction of sp³-hybridized carbons (Fsp3) is 0.545. The molecular weight excluding hydrogens is 316 g/mol. The second-order valence-electron chi connectivity index (χ2n) is 4.93. The van der Waals surface area contributed by atoms with E-state index in [1.54, 1.807) is 18.5 Å². The summed E-state index contributed by atoms with van der Waals surface area (Å²) >= 11 is 1.31. The van der Waals surface area contributed by atoms with Crippen LogP contribution in [0.25, 0.3) is 4.96 Å². The van der Waals surface area contributed by atoms with Gasteiger partial charge in [0.05, 0.1) is 18.8 Å². The van der Waals surface area contributed by atoms with Gasteiger partial charge in [-0.2, -0.15) is 4.31 Å². The predicted octanol–water partition coefficient (Wildman–Crippen LogP) is -0.252. The average Bonchev–Trinajstić information content (AvgIpc) is 2.97. The molecule has 8 nitrogen and oxygen atoms in total. The third-order valence-corrected chi connectivity index (χ3v) is 5.95. The number of imidazole rings is 1. The van der Waals surface area contributed by atoms with E-state index in [9.17, 15) is 13.5 Å². The largest absolute Gasteiger partial charge is 0.394 e. The molecule has 1 aliphatic rings. The molecule has 21 heavy (non-hydrogen) atoms. The van der Waals surface area contributed by atoms with Crippen LogP contribution in [0.3, 0.4) is 0 Å². The summed E-state index contributed by atoms with van der Waals surface area (Å²) in [6.45, 7) is 1.85. The van der Waals surface area contributed by atoms with Gasteiger partial charge in [-0.1, -0.05) is 0 Å². The molecule has 0 aliphatic carbocycles. The summed E-state index contributed by atoms with van der Waals surface area (Å²) in [6, 6.07) is 0. The first-order valence-corrected chi connectivity index (χ1v) is 8.73. The Morgan fingerprint density at radius 3 is 3.05 bits per heavy atom. The SMILES string of the molecule is CC1CN(S(=O)(=O)c2c(N)nc3sccn23)CC(CO)O1. The van der Waals surface area contributed by atoms with Crippen molar-refractivity contribution in [2.24, 2.45) is 0 Å². The van der Waals surface area contributed by atoms with E-state index in [2.05, 4.69) is 4.98 Å². The Hall–Kier alpha value is -1.20. The lowest BCUT2D eigenvalue weighted by atomic mass is 10.2. The molecule has 0 bridgehead atoms. The van der Waals surface area contributed by atoms with Crippen LogP contribution in [-0.2, 0) is 14.8 Å². The molecule has 2 aromatic heterocycles. The van der Waals surface area contributed by atoms with Crippen molar-refractivity contribution in [1.82, 2.24) is 13.7 Å². The van der Waals surface area contributed by atoms with Crippen molar-refractivity contribution in [2.75, 3.05) is 25.4 Å². The van der Waals surface area contributed by atoms with Gasteiger partial charge in [0.1, 0.15) is 0 Å². The Morgan fingerprint density at radius 1 is 1.57 bits per heavy atom. The number of aromatic nitrogens is 2. The highest BCUT2D eigenvalue weighted by Crippen LogP contribution is 2.28. The number of aliphatic hydroxyl groups is 1. The van der Waals surface area contributed by atoms with E-state index in [0.717, 1.165) is 0 Å². The van der Waals surface area contributed by atoms with Gasteiger partial charge in [-0.05, 0) is 6.92 Å². The summed E-state index contributed by atoms with van der Waals surface area (Å²) in [6.07, 6.45) is 0.803. The van der Waals surface area contributed by atoms with Crippen molar-refractivity contribution in [3.05, 3.63) is 11.6 Å².